The van der Waals surface area contributed by atoms with Crippen molar-refractivity contribution in [2.24, 2.45) is 12.8 Å². The molecule has 0 fully saturated rings. The largest absolute Gasteiger partial charge is 0.347 e. The second-order valence-electron chi connectivity index (χ2n) is 4.20. The van der Waals surface area contributed by atoms with Gasteiger partial charge in [0.2, 0.25) is 5.91 Å². The van der Waals surface area contributed by atoms with Crippen LogP contribution in [-0.2, 0) is 11.8 Å². The number of thioether (sulfide) groups is 1. The Morgan fingerprint density at radius 3 is 2.83 bits per heavy atom. The number of carbonyl (C=O) groups is 2. The molecule has 0 aliphatic carbocycles. The number of aromatic nitrogens is 1. The maximum Gasteiger partial charge on any atom is 0.274 e. The monoisotopic (exact) mass is 269 g/mol. The van der Waals surface area contributed by atoms with Gasteiger partial charge in [-0.3, -0.25) is 14.9 Å². The predicted octanol–water partition coefficient (Wildman–Crippen LogP) is 0.752. The molecule has 0 aromatic carbocycles. The smallest absolute Gasteiger partial charge is 0.274 e. The lowest BCUT2D eigenvalue weighted by Crippen LogP contribution is -2.33. The molecule has 1 unspecified atom stereocenters. The fraction of sp³-hybridized carbons (Fsp3) is 0.500. The van der Waals surface area contributed by atoms with Crippen LogP contribution >= 0.6 is 11.8 Å². The molecule has 0 saturated heterocycles. The molecule has 2 amide bonds. The molecule has 0 bridgehead atoms. The van der Waals surface area contributed by atoms with E-state index in [1.54, 1.807) is 29.9 Å². The molecule has 1 atom stereocenters. The van der Waals surface area contributed by atoms with Gasteiger partial charge in [0.05, 0.1) is 5.75 Å². The van der Waals surface area contributed by atoms with E-state index >= 15 is 0 Å². The summed E-state index contributed by atoms with van der Waals surface area (Å²) in [4.78, 5) is 23.2. The number of hydrogen-bond donors (Lipinski definition) is 2. The molecule has 1 aromatic heterocycles. The fourth-order valence-corrected chi connectivity index (χ4v) is 2.30. The zero-order chi connectivity index (χ0) is 13.5. The van der Waals surface area contributed by atoms with Gasteiger partial charge in [-0.15, -0.1) is 0 Å². The Morgan fingerprint density at radius 2 is 2.28 bits per heavy atom. The molecule has 1 aromatic rings. The van der Waals surface area contributed by atoms with Crippen molar-refractivity contribution in [2.45, 2.75) is 19.4 Å². The summed E-state index contributed by atoms with van der Waals surface area (Å²) in [7, 11) is 1.76. The molecule has 18 heavy (non-hydrogen) atoms. The molecule has 1 rings (SSSR count). The van der Waals surface area contributed by atoms with Crippen LogP contribution in [0.25, 0.3) is 0 Å². The van der Waals surface area contributed by atoms with E-state index in [1.807, 2.05) is 6.92 Å². The van der Waals surface area contributed by atoms with Crippen LogP contribution in [0.1, 0.15) is 23.8 Å². The molecule has 0 radical (unpaired) electrons. The first kappa shape index (κ1) is 14.8. The van der Waals surface area contributed by atoms with Crippen molar-refractivity contribution >= 4 is 23.6 Å². The summed E-state index contributed by atoms with van der Waals surface area (Å²) in [6, 6.07) is 3.58. The summed E-state index contributed by atoms with van der Waals surface area (Å²) in [5, 5.41) is 2.36. The van der Waals surface area contributed by atoms with Gasteiger partial charge in [-0.2, -0.15) is 11.8 Å². The number of amides is 2. The average Bonchev–Trinajstić information content (AvgIpc) is 2.70. The van der Waals surface area contributed by atoms with Crippen molar-refractivity contribution in [3.8, 4) is 0 Å². The van der Waals surface area contributed by atoms with E-state index < -0.39 is 0 Å². The lowest BCUT2D eigenvalue weighted by molar-refractivity contribution is -0.117. The Morgan fingerprint density at radius 1 is 1.56 bits per heavy atom. The number of aryl methyl sites for hydroxylation is 1. The van der Waals surface area contributed by atoms with Crippen LogP contribution in [-0.4, -0.2) is 33.9 Å². The predicted molar refractivity (Wildman–Crippen MR) is 73.5 cm³/mol. The van der Waals surface area contributed by atoms with Crippen LogP contribution in [0.5, 0.6) is 0 Å². The zero-order valence-electron chi connectivity index (χ0n) is 10.7. The summed E-state index contributed by atoms with van der Waals surface area (Å²) >= 11 is 1.48. The van der Waals surface area contributed by atoms with Crippen molar-refractivity contribution in [2.75, 3.05) is 11.5 Å². The zero-order valence-corrected chi connectivity index (χ0v) is 11.5. The van der Waals surface area contributed by atoms with E-state index in [0.29, 0.717) is 5.69 Å². The quantitative estimate of drug-likeness (QED) is 0.747. The topological polar surface area (TPSA) is 77.1 Å². The molecule has 1 heterocycles. The van der Waals surface area contributed by atoms with Gasteiger partial charge in [-0.05, 0) is 31.2 Å². The standard InChI is InChI=1S/C12H19N3O2S/c1-9(13)5-7-18-8-11(16)14-12(17)10-4-3-6-15(10)2/h3-4,6,9H,5,7-8,13H2,1-2H3,(H,14,16,17). The number of rotatable bonds is 6. The normalized spacial score (nSPS) is 12.2. The SMILES string of the molecule is CC(N)CCSCC(=O)NC(=O)c1cccn1C. The van der Waals surface area contributed by atoms with Crippen LogP contribution in [0, 0.1) is 0 Å². The summed E-state index contributed by atoms with van der Waals surface area (Å²) in [5.41, 5.74) is 6.08. The van der Waals surface area contributed by atoms with Gasteiger partial charge >= 0.3 is 0 Å². The molecule has 100 valence electrons. The van der Waals surface area contributed by atoms with Crippen LogP contribution in [0.3, 0.4) is 0 Å². The number of nitrogens with one attached hydrogen (secondary N) is 1. The third-order valence-corrected chi connectivity index (χ3v) is 3.37. The minimum Gasteiger partial charge on any atom is -0.347 e. The van der Waals surface area contributed by atoms with E-state index in [2.05, 4.69) is 5.32 Å². The Labute approximate surface area is 111 Å². The highest BCUT2D eigenvalue weighted by Gasteiger charge is 2.12. The molecule has 0 aliphatic rings. The molecule has 0 aliphatic heterocycles. The number of nitrogens with zero attached hydrogens (tertiary/aromatic N) is 1. The Balaban J connectivity index is 2.28. The van der Waals surface area contributed by atoms with E-state index in [1.165, 1.54) is 11.8 Å². The average molecular weight is 269 g/mol. The van der Waals surface area contributed by atoms with Crippen molar-refractivity contribution in [1.29, 1.82) is 0 Å². The van der Waals surface area contributed by atoms with Gasteiger partial charge in [0.25, 0.3) is 5.91 Å². The lowest BCUT2D eigenvalue weighted by Gasteiger charge is -2.06. The summed E-state index contributed by atoms with van der Waals surface area (Å²) in [6.45, 7) is 1.93. The summed E-state index contributed by atoms with van der Waals surface area (Å²) < 4.78 is 1.67. The molecule has 5 nitrogen and oxygen atoms in total. The van der Waals surface area contributed by atoms with Gasteiger partial charge < -0.3 is 10.3 Å². The minimum atomic E-state index is -0.361. The maximum absolute atomic E-state index is 11.7. The van der Waals surface area contributed by atoms with Crippen molar-refractivity contribution in [3.63, 3.8) is 0 Å². The van der Waals surface area contributed by atoms with Crippen LogP contribution in [0.15, 0.2) is 18.3 Å². The first-order valence-electron chi connectivity index (χ1n) is 5.79. The van der Waals surface area contributed by atoms with E-state index in [-0.39, 0.29) is 23.6 Å². The number of carbonyl (C=O) groups excluding carboxylic acids is 2. The highest BCUT2D eigenvalue weighted by Crippen LogP contribution is 2.04. The summed E-state index contributed by atoms with van der Waals surface area (Å²) in [6.07, 6.45) is 2.63. The molecular weight excluding hydrogens is 250 g/mol. The van der Waals surface area contributed by atoms with Crippen LogP contribution < -0.4 is 11.1 Å². The van der Waals surface area contributed by atoms with E-state index in [4.69, 9.17) is 5.73 Å². The summed E-state index contributed by atoms with van der Waals surface area (Å²) in [5.74, 6) is 0.475. The molecule has 3 N–H and O–H groups in total. The third kappa shape index (κ3) is 4.93. The minimum absolute atomic E-state index is 0.144. The van der Waals surface area contributed by atoms with Crippen LogP contribution in [0.2, 0.25) is 0 Å². The first-order chi connectivity index (χ1) is 8.50. The van der Waals surface area contributed by atoms with E-state index in [9.17, 15) is 9.59 Å². The Kier molecular flexibility index (Phi) is 5.94. The maximum atomic E-state index is 11.7. The van der Waals surface area contributed by atoms with Crippen LogP contribution in [0.4, 0.5) is 0 Å². The molecular formula is C12H19N3O2S. The van der Waals surface area contributed by atoms with E-state index in [0.717, 1.165) is 12.2 Å². The molecule has 6 heteroatoms. The lowest BCUT2D eigenvalue weighted by atomic mass is 10.3. The van der Waals surface area contributed by atoms with Gasteiger partial charge in [-0.25, -0.2) is 0 Å². The third-order valence-electron chi connectivity index (χ3n) is 2.38. The Bertz CT molecular complexity index is 415. The van der Waals surface area contributed by atoms with Gasteiger partial charge in [0.15, 0.2) is 0 Å². The van der Waals surface area contributed by atoms with Gasteiger partial charge in [0, 0.05) is 19.3 Å². The van der Waals surface area contributed by atoms with Crippen molar-refractivity contribution < 1.29 is 9.59 Å². The fourth-order valence-electron chi connectivity index (χ4n) is 1.36. The highest BCUT2D eigenvalue weighted by atomic mass is 32.2. The first-order valence-corrected chi connectivity index (χ1v) is 6.95. The van der Waals surface area contributed by atoms with Gasteiger partial charge in [-0.1, -0.05) is 0 Å². The second kappa shape index (κ2) is 7.23. The molecule has 0 saturated carbocycles. The second-order valence-corrected chi connectivity index (χ2v) is 5.31. The van der Waals surface area contributed by atoms with Crippen molar-refractivity contribution in [1.82, 2.24) is 9.88 Å². The van der Waals surface area contributed by atoms with Crippen molar-refractivity contribution in [3.05, 3.63) is 24.0 Å². The Hall–Kier alpha value is -1.27. The van der Waals surface area contributed by atoms with Gasteiger partial charge in [0.1, 0.15) is 5.69 Å². The number of hydrogen-bond acceptors (Lipinski definition) is 4. The highest BCUT2D eigenvalue weighted by molar-refractivity contribution is 7.99. The number of nitrogens with two attached hydrogens (primary N) is 1. The molecule has 0 spiro atoms. The number of imide groups is 1.